The Hall–Kier alpha value is -4.56. The number of rotatable bonds is 8. The van der Waals surface area contributed by atoms with E-state index in [9.17, 15) is 9.59 Å². The van der Waals surface area contributed by atoms with Crippen molar-refractivity contribution in [3.63, 3.8) is 0 Å². The van der Waals surface area contributed by atoms with Gasteiger partial charge in [0.15, 0.2) is 5.69 Å². The van der Waals surface area contributed by atoms with Crippen LogP contribution in [0.15, 0.2) is 56.8 Å². The number of nitrogen functional groups attached to an aromatic ring is 1. The highest BCUT2D eigenvalue weighted by molar-refractivity contribution is 5.95. The van der Waals surface area contributed by atoms with Crippen molar-refractivity contribution < 1.29 is 23.4 Å². The van der Waals surface area contributed by atoms with Crippen LogP contribution < -0.4 is 15.9 Å². The minimum Gasteiger partial charge on any atom is -0.457 e. The molecular formula is C24H26ClN9O5. The van der Waals surface area contributed by atoms with E-state index in [0.29, 0.717) is 23.8 Å². The molecule has 0 aliphatic carbocycles. The smallest absolute Gasteiger partial charge is 0.379 e. The van der Waals surface area contributed by atoms with E-state index in [2.05, 4.69) is 43.0 Å². The van der Waals surface area contributed by atoms with E-state index in [0.717, 1.165) is 25.8 Å². The molecule has 15 heteroatoms. The number of nitrogens with one attached hydrogen (secondary N) is 1. The van der Waals surface area contributed by atoms with Gasteiger partial charge in [0.05, 0.1) is 18.2 Å². The van der Waals surface area contributed by atoms with Crippen LogP contribution in [0.5, 0.6) is 5.75 Å². The molecule has 3 N–H and O–H groups in total. The number of amides is 1. The van der Waals surface area contributed by atoms with Crippen molar-refractivity contribution in [3.05, 3.63) is 65.4 Å². The van der Waals surface area contributed by atoms with E-state index in [1.165, 1.54) is 23.2 Å². The summed E-state index contributed by atoms with van der Waals surface area (Å²) in [7, 11) is 0. The van der Waals surface area contributed by atoms with Gasteiger partial charge in [0.2, 0.25) is 17.4 Å². The molecule has 14 nitrogen and oxygen atoms in total. The molecule has 3 aromatic heterocycles. The first-order valence-corrected chi connectivity index (χ1v) is 12.0. The van der Waals surface area contributed by atoms with Gasteiger partial charge >= 0.3 is 5.97 Å². The number of benzene rings is 1. The van der Waals surface area contributed by atoms with Crippen molar-refractivity contribution in [1.82, 2.24) is 35.6 Å². The van der Waals surface area contributed by atoms with Crippen molar-refractivity contribution in [2.75, 3.05) is 12.3 Å². The summed E-state index contributed by atoms with van der Waals surface area (Å²) in [5.74, 6) is -0.777. The Morgan fingerprint density at radius 3 is 2.82 bits per heavy atom. The molecule has 1 atom stereocenters. The lowest BCUT2D eigenvalue weighted by Crippen LogP contribution is -2.38. The third kappa shape index (κ3) is 6.13. The molecule has 1 unspecified atom stereocenters. The zero-order valence-electron chi connectivity index (χ0n) is 20.9. The summed E-state index contributed by atoms with van der Waals surface area (Å²) in [4.78, 5) is 27.6. The number of para-hydroxylation sites is 1. The lowest BCUT2D eigenvalue weighted by molar-refractivity contribution is 0.0700. The molecule has 1 fully saturated rings. The molecule has 5 rings (SSSR count). The maximum atomic E-state index is 13.1. The van der Waals surface area contributed by atoms with Crippen LogP contribution >= 0.6 is 12.4 Å². The quantitative estimate of drug-likeness (QED) is 0.141. The summed E-state index contributed by atoms with van der Waals surface area (Å²) in [5, 5.41) is 19.6. The van der Waals surface area contributed by atoms with Crippen molar-refractivity contribution in [2.24, 2.45) is 5.10 Å². The molecule has 0 radical (unpaired) electrons. The fraction of sp³-hybridized carbons (Fsp3) is 0.292. The van der Waals surface area contributed by atoms with Crippen molar-refractivity contribution >= 4 is 36.3 Å². The lowest BCUT2D eigenvalue weighted by Gasteiger charge is -2.33. The molecule has 4 heterocycles. The Bertz CT molecular complexity index is 1450. The molecule has 1 aromatic carbocycles. The minimum absolute atomic E-state index is 0. The Morgan fingerprint density at radius 2 is 2.08 bits per heavy atom. The van der Waals surface area contributed by atoms with Gasteiger partial charge in [-0.1, -0.05) is 23.8 Å². The Morgan fingerprint density at radius 1 is 1.23 bits per heavy atom. The molecule has 39 heavy (non-hydrogen) atoms. The summed E-state index contributed by atoms with van der Waals surface area (Å²) in [5.41, 5.74) is 9.33. The number of furan rings is 1. The predicted molar refractivity (Wildman–Crippen MR) is 140 cm³/mol. The van der Waals surface area contributed by atoms with Crippen LogP contribution in [0.2, 0.25) is 0 Å². The van der Waals surface area contributed by atoms with E-state index in [-0.39, 0.29) is 41.2 Å². The predicted octanol–water partition coefficient (Wildman–Crippen LogP) is 2.60. The molecule has 0 saturated carbocycles. The third-order valence-corrected chi connectivity index (χ3v) is 6.18. The molecule has 1 aliphatic rings. The molecule has 1 saturated heterocycles. The second-order valence-electron chi connectivity index (χ2n) is 8.69. The van der Waals surface area contributed by atoms with Gasteiger partial charge in [-0.15, -0.1) is 17.5 Å². The van der Waals surface area contributed by atoms with E-state index in [1.807, 2.05) is 0 Å². The summed E-state index contributed by atoms with van der Waals surface area (Å²) < 4.78 is 16.5. The van der Waals surface area contributed by atoms with Crippen LogP contribution in [0.3, 0.4) is 0 Å². The topological polar surface area (TPSA) is 180 Å². The maximum Gasteiger partial charge on any atom is 0.379 e. The number of carbonyl (C=O) groups excluding carboxylic acids is 2. The number of ether oxygens (including phenoxy) is 1. The number of likely N-dealkylation sites (tertiary alicyclic amines) is 1. The monoisotopic (exact) mass is 555 g/mol. The van der Waals surface area contributed by atoms with Gasteiger partial charge in [0.1, 0.15) is 5.75 Å². The van der Waals surface area contributed by atoms with Crippen LogP contribution in [-0.4, -0.2) is 60.9 Å². The standard InChI is InChI=1S/C24H25N9O5.ClH/c1-15-7-4-5-11-32(15)14-17-20(27-31-33(17)22-21(25)29-38-30-22)23(34)28-26-13-16-8-2-3-9-18(16)37-24(35)19-10-6-12-36-19;/h2-3,6,8-10,12-13,15H,4-5,7,11,14H2,1H3,(H2,25,29)(H,28,34);1H/b26-13-;. The fourth-order valence-corrected chi connectivity index (χ4v) is 4.15. The molecule has 1 amide bonds. The first-order chi connectivity index (χ1) is 18.5. The second-order valence-corrected chi connectivity index (χ2v) is 8.69. The highest BCUT2D eigenvalue weighted by Gasteiger charge is 2.28. The van der Waals surface area contributed by atoms with Gasteiger partial charge < -0.3 is 14.9 Å². The first kappa shape index (κ1) is 27.5. The van der Waals surface area contributed by atoms with E-state index in [4.69, 9.17) is 19.5 Å². The largest absolute Gasteiger partial charge is 0.457 e. The average Bonchev–Trinajstić information content (AvgIpc) is 3.68. The minimum atomic E-state index is -0.658. The SMILES string of the molecule is CC1CCCCN1Cc1c(C(=O)N/N=C\c2ccccc2OC(=O)c2ccco2)nnn1-c1nonc1N.Cl. The zero-order valence-corrected chi connectivity index (χ0v) is 21.7. The number of aromatic nitrogens is 5. The second kappa shape index (κ2) is 12.3. The molecule has 0 bridgehead atoms. The fourth-order valence-electron chi connectivity index (χ4n) is 4.15. The Kier molecular flexibility index (Phi) is 8.68. The third-order valence-electron chi connectivity index (χ3n) is 6.18. The van der Waals surface area contributed by atoms with Crippen molar-refractivity contribution in [2.45, 2.75) is 38.8 Å². The van der Waals surface area contributed by atoms with E-state index >= 15 is 0 Å². The summed E-state index contributed by atoms with van der Waals surface area (Å²) in [6.07, 6.45) is 5.98. The number of esters is 1. The van der Waals surface area contributed by atoms with Gasteiger partial charge in [-0.3, -0.25) is 9.69 Å². The number of hydrazone groups is 1. The van der Waals surface area contributed by atoms with Crippen LogP contribution in [0, 0.1) is 0 Å². The molecule has 4 aromatic rings. The number of anilines is 1. The highest BCUT2D eigenvalue weighted by Crippen LogP contribution is 2.23. The van der Waals surface area contributed by atoms with Crippen molar-refractivity contribution in [3.8, 4) is 11.6 Å². The van der Waals surface area contributed by atoms with Crippen molar-refractivity contribution in [1.29, 1.82) is 0 Å². The number of piperidine rings is 1. The van der Waals surface area contributed by atoms with E-state index in [1.54, 1.807) is 30.3 Å². The maximum absolute atomic E-state index is 13.1. The van der Waals surface area contributed by atoms with Crippen LogP contribution in [0.25, 0.3) is 5.82 Å². The van der Waals surface area contributed by atoms with E-state index < -0.39 is 11.9 Å². The average molecular weight is 556 g/mol. The number of halogens is 1. The number of hydrogen-bond acceptors (Lipinski definition) is 12. The highest BCUT2D eigenvalue weighted by atomic mass is 35.5. The van der Waals surface area contributed by atoms with Gasteiger partial charge in [0, 0.05) is 18.2 Å². The number of nitrogens with two attached hydrogens (primary N) is 1. The molecule has 0 spiro atoms. The number of hydrogen-bond donors (Lipinski definition) is 2. The van der Waals surface area contributed by atoms with Crippen LogP contribution in [0.1, 0.15) is 58.5 Å². The normalized spacial score (nSPS) is 15.7. The number of carbonyl (C=O) groups is 2. The molecular weight excluding hydrogens is 530 g/mol. The van der Waals surface area contributed by atoms with Gasteiger partial charge in [-0.2, -0.15) is 9.78 Å². The first-order valence-electron chi connectivity index (χ1n) is 12.0. The van der Waals surface area contributed by atoms with Gasteiger partial charge in [-0.05, 0) is 60.9 Å². The molecule has 204 valence electrons. The molecule has 1 aliphatic heterocycles. The Labute approximate surface area is 228 Å². The Balaban J connectivity index is 0.00000353. The van der Waals surface area contributed by atoms with Gasteiger partial charge in [-0.25, -0.2) is 14.8 Å². The lowest BCUT2D eigenvalue weighted by atomic mass is 10.0. The van der Waals surface area contributed by atoms with Crippen LogP contribution in [0.4, 0.5) is 5.82 Å². The number of nitrogens with zero attached hydrogens (tertiary/aromatic N) is 7. The van der Waals surface area contributed by atoms with Gasteiger partial charge in [0.25, 0.3) is 5.91 Å². The zero-order chi connectivity index (χ0) is 26.5. The summed E-state index contributed by atoms with van der Waals surface area (Å²) >= 11 is 0. The summed E-state index contributed by atoms with van der Waals surface area (Å²) in [6.45, 7) is 3.39. The summed E-state index contributed by atoms with van der Waals surface area (Å²) in [6, 6.07) is 10.1. The van der Waals surface area contributed by atoms with Crippen LogP contribution in [-0.2, 0) is 6.54 Å².